The predicted molar refractivity (Wildman–Crippen MR) is 169 cm³/mol. The van der Waals surface area contributed by atoms with Crippen LogP contribution in [0.5, 0.6) is 0 Å². The van der Waals surface area contributed by atoms with Gasteiger partial charge in [0.15, 0.2) is 23.8 Å². The molecule has 10 rings (SSSR count). The largest absolute Gasteiger partial charge is 0.443 e. The number of rotatable bonds is 7. The third-order valence-electron chi connectivity index (χ3n) is 14.5. The Labute approximate surface area is 309 Å². The van der Waals surface area contributed by atoms with Crippen molar-refractivity contribution in [3.05, 3.63) is 0 Å². The van der Waals surface area contributed by atoms with Gasteiger partial charge in [0.05, 0.1) is 6.61 Å². The Bertz CT molecular complexity index is 1470. The number of carbonyl (C=O) groups is 1. The van der Waals surface area contributed by atoms with Gasteiger partial charge in [-0.05, 0) is 76.0 Å². The molecule has 2 saturated carbocycles. The van der Waals surface area contributed by atoms with Crippen LogP contribution >= 0.6 is 0 Å². The smallest absolute Gasteiger partial charge is 0.352 e. The second-order valence-corrected chi connectivity index (χ2v) is 17.5. The highest BCUT2D eigenvalue weighted by atomic mass is 19.4. The normalized spacial score (nSPS) is 52.5. The molecule has 8 saturated heterocycles. The van der Waals surface area contributed by atoms with Gasteiger partial charge in [0, 0.05) is 43.1 Å². The first kappa shape index (κ1) is 39.5. The lowest BCUT2D eigenvalue weighted by atomic mass is 9.57. The second-order valence-electron chi connectivity index (χ2n) is 17.5. The number of nitrogens with one attached hydrogen (secondary N) is 1. The minimum atomic E-state index is -5.11. The molecule has 0 aromatic carbocycles. The summed E-state index contributed by atoms with van der Waals surface area (Å²) < 4.78 is 126. The summed E-state index contributed by atoms with van der Waals surface area (Å²) >= 11 is 0. The summed E-state index contributed by atoms with van der Waals surface area (Å²) in [4.78, 5) is 36.4. The number of carbonyl (C=O) groups excluding carboxylic acids is 1. The molecule has 1 unspecified atom stereocenters. The molecule has 18 heteroatoms. The third-order valence-corrected chi connectivity index (χ3v) is 14.5. The lowest BCUT2D eigenvalue weighted by Gasteiger charge is -2.62. The van der Waals surface area contributed by atoms with Gasteiger partial charge < -0.3 is 33.7 Å². The molecule has 8 aliphatic heterocycles. The van der Waals surface area contributed by atoms with E-state index in [4.69, 9.17) is 48.0 Å². The summed E-state index contributed by atoms with van der Waals surface area (Å²) in [6.45, 7) is 7.68. The molecular formula is C36H51F6NO11. The minimum Gasteiger partial charge on any atom is -0.352 e. The second kappa shape index (κ2) is 12.8. The Hall–Kier alpha value is -1.35. The summed E-state index contributed by atoms with van der Waals surface area (Å²) in [6, 6.07) is 0. The summed E-state index contributed by atoms with van der Waals surface area (Å²) in [7, 11) is 0. The van der Waals surface area contributed by atoms with Crippen molar-refractivity contribution >= 4 is 5.91 Å². The third kappa shape index (κ3) is 5.50. The Balaban J connectivity index is 0.959. The van der Waals surface area contributed by atoms with Crippen LogP contribution in [0, 0.1) is 47.3 Å². The molecule has 10 fully saturated rings. The number of fused-ring (bicyclic) bond motifs is 4. The first-order valence-corrected chi connectivity index (χ1v) is 19.3. The van der Waals surface area contributed by atoms with Crippen molar-refractivity contribution in [1.82, 2.24) is 5.32 Å². The van der Waals surface area contributed by atoms with E-state index in [9.17, 15) is 4.79 Å². The highest BCUT2D eigenvalue weighted by molar-refractivity contribution is 5.77. The van der Waals surface area contributed by atoms with E-state index in [0.29, 0.717) is 51.4 Å². The zero-order valence-electron chi connectivity index (χ0n) is 31.3. The predicted octanol–water partition coefficient (Wildman–Crippen LogP) is 6.42. The van der Waals surface area contributed by atoms with E-state index in [-0.39, 0.29) is 23.7 Å². The van der Waals surface area contributed by atoms with Crippen LogP contribution in [0.1, 0.15) is 92.9 Å². The van der Waals surface area contributed by atoms with Gasteiger partial charge in [0.25, 0.3) is 11.6 Å². The van der Waals surface area contributed by atoms with E-state index in [2.05, 4.69) is 5.32 Å². The molecule has 0 aromatic heterocycles. The molecule has 1 amide bonds. The SMILES string of the molecule is C[C@@H]1CC[C@H]2[C@@H](C)[C@](OCC(=O)NCCO[C@@]3(C(F)(F)F)O[C@@H]4O[C@@]5(C)CC[C@H]6[C@H](C)CC[C@@H]([C@H]3C)[C@@]46OO5)(C(F)(F)F)O[C@@H]3OC4(C)CC[C@@H]1[C@]32OO4. The Kier molecular flexibility index (Phi) is 9.37. The van der Waals surface area contributed by atoms with Gasteiger partial charge in [0.1, 0.15) is 6.61 Å². The molecule has 10 aliphatic rings. The van der Waals surface area contributed by atoms with Gasteiger partial charge in [-0.2, -0.15) is 26.3 Å². The van der Waals surface area contributed by atoms with E-state index in [1.54, 1.807) is 13.8 Å². The summed E-state index contributed by atoms with van der Waals surface area (Å²) in [5.74, 6) is -14.4. The van der Waals surface area contributed by atoms with Gasteiger partial charge >= 0.3 is 12.4 Å². The quantitative estimate of drug-likeness (QED) is 0.175. The van der Waals surface area contributed by atoms with Crippen LogP contribution < -0.4 is 5.32 Å². The number of halogens is 6. The van der Waals surface area contributed by atoms with Crippen LogP contribution in [-0.4, -0.2) is 84.9 Å². The molecule has 54 heavy (non-hydrogen) atoms. The van der Waals surface area contributed by atoms with Gasteiger partial charge in [-0.3, -0.25) is 4.79 Å². The van der Waals surface area contributed by atoms with Gasteiger partial charge in [-0.25, -0.2) is 19.6 Å². The summed E-state index contributed by atoms with van der Waals surface area (Å²) in [5, 5.41) is 2.34. The molecule has 2 spiro atoms. The average Bonchev–Trinajstić information content (AvgIpc) is 3.46. The van der Waals surface area contributed by atoms with E-state index in [1.165, 1.54) is 13.8 Å². The molecule has 308 valence electrons. The average molecular weight is 788 g/mol. The molecule has 8 heterocycles. The molecular weight excluding hydrogens is 736 g/mol. The molecule has 0 radical (unpaired) electrons. The van der Waals surface area contributed by atoms with Gasteiger partial charge in [0.2, 0.25) is 17.5 Å². The first-order valence-electron chi connectivity index (χ1n) is 19.3. The van der Waals surface area contributed by atoms with Crippen LogP contribution in [-0.2, 0) is 52.8 Å². The highest BCUT2D eigenvalue weighted by Crippen LogP contribution is 2.66. The van der Waals surface area contributed by atoms with Crippen molar-refractivity contribution in [1.29, 1.82) is 0 Å². The van der Waals surface area contributed by atoms with Crippen LogP contribution in [0.15, 0.2) is 0 Å². The van der Waals surface area contributed by atoms with Crippen molar-refractivity contribution in [2.45, 2.75) is 152 Å². The van der Waals surface area contributed by atoms with E-state index in [1.807, 2.05) is 13.8 Å². The minimum absolute atomic E-state index is 0.0998. The summed E-state index contributed by atoms with van der Waals surface area (Å²) in [5.41, 5.74) is -2.59. The standard InChI is InChI=1S/C36H51F6NO11/c1-18-7-9-24-20(3)33(35(37,38)39,49-27-31(24)22(18)11-13-29(5,47-27)51-53-31)45-16-15-43-26(44)17-46-34(36(40,41)42)21(4)25-10-8-19(2)23-12-14-30(6)48-28(50-34)32(23,25)54-52-30/h18-25,27-28H,7-17H2,1-6H3,(H,43,44)/t18-,19-,20-,21-,22+,23+,24+,25+,27+,28+,29-,30?,31-,32-,33-,34-/m1/s1. The first-order chi connectivity index (χ1) is 25.2. The maximum absolute atomic E-state index is 15.2. The molecule has 16 atom stereocenters. The Morgan fingerprint density at radius 1 is 0.630 bits per heavy atom. The van der Waals surface area contributed by atoms with Crippen molar-refractivity contribution in [2.75, 3.05) is 19.8 Å². The van der Waals surface area contributed by atoms with Crippen LogP contribution in [0.25, 0.3) is 0 Å². The lowest BCUT2D eigenvalue weighted by Crippen LogP contribution is -2.76. The fourth-order valence-electron chi connectivity index (χ4n) is 11.6. The van der Waals surface area contributed by atoms with Gasteiger partial charge in [-0.15, -0.1) is 0 Å². The van der Waals surface area contributed by atoms with E-state index >= 15 is 26.3 Å². The van der Waals surface area contributed by atoms with Crippen LogP contribution in [0.3, 0.4) is 0 Å². The van der Waals surface area contributed by atoms with Crippen molar-refractivity contribution in [3.63, 3.8) is 0 Å². The van der Waals surface area contributed by atoms with Crippen molar-refractivity contribution in [2.24, 2.45) is 47.3 Å². The number of ether oxygens (including phenoxy) is 6. The number of alkyl halides is 6. The molecule has 2 aliphatic carbocycles. The Morgan fingerprint density at radius 3 is 1.52 bits per heavy atom. The van der Waals surface area contributed by atoms with Crippen LogP contribution in [0.2, 0.25) is 0 Å². The number of hydrogen-bond acceptors (Lipinski definition) is 11. The Morgan fingerprint density at radius 2 is 1.07 bits per heavy atom. The van der Waals surface area contributed by atoms with Crippen molar-refractivity contribution < 1.29 is 79.1 Å². The molecule has 0 aromatic rings. The fourth-order valence-corrected chi connectivity index (χ4v) is 11.6. The zero-order chi connectivity index (χ0) is 38.9. The lowest BCUT2D eigenvalue weighted by molar-refractivity contribution is -0.598. The van der Waals surface area contributed by atoms with Crippen molar-refractivity contribution in [3.8, 4) is 0 Å². The summed E-state index contributed by atoms with van der Waals surface area (Å²) in [6.07, 6.45) is -9.09. The number of hydrogen-bond donors (Lipinski definition) is 1. The van der Waals surface area contributed by atoms with Crippen LogP contribution in [0.4, 0.5) is 26.3 Å². The highest BCUT2D eigenvalue weighted by Gasteiger charge is 2.79. The monoisotopic (exact) mass is 787 g/mol. The van der Waals surface area contributed by atoms with E-state index < -0.39 is 109 Å². The van der Waals surface area contributed by atoms with Gasteiger partial charge in [-0.1, -0.05) is 27.7 Å². The molecule has 12 nitrogen and oxygen atoms in total. The van der Waals surface area contributed by atoms with E-state index in [0.717, 1.165) is 0 Å². The number of amides is 1. The zero-order valence-corrected chi connectivity index (χ0v) is 31.3. The molecule has 4 bridgehead atoms. The topological polar surface area (TPSA) is 121 Å². The molecule has 1 N–H and O–H groups in total. The maximum atomic E-state index is 15.2. The maximum Gasteiger partial charge on any atom is 0.443 e. The fraction of sp³-hybridized carbons (Fsp3) is 0.972.